The van der Waals surface area contributed by atoms with Gasteiger partial charge in [-0.3, -0.25) is 4.98 Å². The molecule has 0 saturated heterocycles. The maximum atomic E-state index is 4.10. The number of pyridine rings is 1. The highest BCUT2D eigenvalue weighted by atomic mass is 14.6. The van der Waals surface area contributed by atoms with Gasteiger partial charge in [0.15, 0.2) is 0 Å². The summed E-state index contributed by atoms with van der Waals surface area (Å²) in [5, 5.41) is 0. The van der Waals surface area contributed by atoms with Crippen molar-refractivity contribution in [3.05, 3.63) is 29.6 Å². The van der Waals surface area contributed by atoms with Crippen molar-refractivity contribution in [3.63, 3.8) is 0 Å². The summed E-state index contributed by atoms with van der Waals surface area (Å²) in [6.45, 7) is 4.40. The third-order valence-electron chi connectivity index (χ3n) is 2.69. The fraction of sp³-hybridized carbons (Fsp3) is 0.615. The number of aryl methyl sites for hydroxylation is 2. The van der Waals surface area contributed by atoms with Gasteiger partial charge in [0, 0.05) is 12.4 Å². The lowest BCUT2D eigenvalue weighted by Crippen LogP contribution is -1.90. The zero-order valence-electron chi connectivity index (χ0n) is 9.42. The van der Waals surface area contributed by atoms with Gasteiger partial charge in [0.1, 0.15) is 0 Å². The quantitative estimate of drug-likeness (QED) is 0.621. The molecular weight excluding hydrogens is 170 g/mol. The van der Waals surface area contributed by atoms with E-state index in [2.05, 4.69) is 24.9 Å². The third-order valence-corrected chi connectivity index (χ3v) is 2.69. The summed E-state index contributed by atoms with van der Waals surface area (Å²) < 4.78 is 0. The van der Waals surface area contributed by atoms with Crippen LogP contribution in [0.5, 0.6) is 0 Å². The van der Waals surface area contributed by atoms with Crippen LogP contribution in [0.1, 0.15) is 50.2 Å². The van der Waals surface area contributed by atoms with Gasteiger partial charge in [0.25, 0.3) is 0 Å². The molecule has 0 amide bonds. The lowest BCUT2D eigenvalue weighted by Gasteiger charge is -2.04. The van der Waals surface area contributed by atoms with E-state index < -0.39 is 0 Å². The van der Waals surface area contributed by atoms with Gasteiger partial charge in [-0.15, -0.1) is 0 Å². The molecule has 78 valence electrons. The molecule has 1 rings (SSSR count). The van der Waals surface area contributed by atoms with Crippen molar-refractivity contribution in [2.75, 3.05) is 0 Å². The summed E-state index contributed by atoms with van der Waals surface area (Å²) in [7, 11) is 0. The van der Waals surface area contributed by atoms with Gasteiger partial charge in [0.2, 0.25) is 0 Å². The molecule has 0 fully saturated rings. The van der Waals surface area contributed by atoms with Crippen LogP contribution < -0.4 is 0 Å². The van der Waals surface area contributed by atoms with Crippen LogP contribution in [0.15, 0.2) is 18.5 Å². The molecule has 1 aromatic rings. The van der Waals surface area contributed by atoms with Crippen molar-refractivity contribution in [2.45, 2.75) is 52.4 Å². The largest absolute Gasteiger partial charge is 0.264 e. The summed E-state index contributed by atoms with van der Waals surface area (Å²) in [5.74, 6) is 0. The minimum absolute atomic E-state index is 1.22. The summed E-state index contributed by atoms with van der Waals surface area (Å²) in [6.07, 6.45) is 11.9. The molecule has 0 aliphatic heterocycles. The highest BCUT2D eigenvalue weighted by molar-refractivity contribution is 5.21. The van der Waals surface area contributed by atoms with Crippen LogP contribution in [-0.2, 0) is 6.42 Å². The van der Waals surface area contributed by atoms with Crippen molar-refractivity contribution < 1.29 is 0 Å². The lowest BCUT2D eigenvalue weighted by atomic mass is 10.0. The van der Waals surface area contributed by atoms with E-state index in [4.69, 9.17) is 0 Å². The van der Waals surface area contributed by atoms with Crippen LogP contribution >= 0.6 is 0 Å². The minimum Gasteiger partial charge on any atom is -0.264 e. The summed E-state index contributed by atoms with van der Waals surface area (Å²) >= 11 is 0. The first-order valence-corrected chi connectivity index (χ1v) is 5.74. The summed E-state index contributed by atoms with van der Waals surface area (Å²) in [5.41, 5.74) is 2.81. The Kier molecular flexibility index (Phi) is 5.28. The predicted octanol–water partition coefficient (Wildman–Crippen LogP) is 3.90. The zero-order chi connectivity index (χ0) is 10.2. The van der Waals surface area contributed by atoms with Gasteiger partial charge in [-0.25, -0.2) is 0 Å². The molecule has 14 heavy (non-hydrogen) atoms. The Morgan fingerprint density at radius 1 is 1.14 bits per heavy atom. The molecule has 1 heterocycles. The second-order valence-electron chi connectivity index (χ2n) is 3.97. The molecule has 0 spiro atoms. The van der Waals surface area contributed by atoms with E-state index >= 15 is 0 Å². The number of rotatable bonds is 6. The number of aromatic nitrogens is 1. The predicted molar refractivity (Wildman–Crippen MR) is 61.4 cm³/mol. The number of hydrogen-bond acceptors (Lipinski definition) is 1. The Bertz CT molecular complexity index is 255. The molecular formula is C13H21N. The minimum atomic E-state index is 1.22. The van der Waals surface area contributed by atoms with Gasteiger partial charge in [-0.1, -0.05) is 32.6 Å². The number of unbranched alkanes of at least 4 members (excludes halogenated alkanes) is 4. The van der Waals surface area contributed by atoms with Gasteiger partial charge >= 0.3 is 0 Å². The van der Waals surface area contributed by atoms with Crippen molar-refractivity contribution in [1.82, 2.24) is 4.98 Å². The lowest BCUT2D eigenvalue weighted by molar-refractivity contribution is 0.631. The Balaban J connectivity index is 2.21. The molecule has 1 nitrogen and oxygen atoms in total. The van der Waals surface area contributed by atoms with E-state index in [1.165, 1.54) is 49.7 Å². The van der Waals surface area contributed by atoms with Gasteiger partial charge in [0.05, 0.1) is 0 Å². The number of nitrogens with zero attached hydrogens (tertiary/aromatic N) is 1. The van der Waals surface area contributed by atoms with Crippen molar-refractivity contribution in [1.29, 1.82) is 0 Å². The monoisotopic (exact) mass is 191 g/mol. The molecule has 0 unspecified atom stereocenters. The van der Waals surface area contributed by atoms with Crippen molar-refractivity contribution in [3.8, 4) is 0 Å². The van der Waals surface area contributed by atoms with E-state index in [9.17, 15) is 0 Å². The first-order valence-electron chi connectivity index (χ1n) is 5.74. The van der Waals surface area contributed by atoms with E-state index in [0.717, 1.165) is 0 Å². The molecule has 0 atom stereocenters. The van der Waals surface area contributed by atoms with E-state index in [0.29, 0.717) is 0 Å². The van der Waals surface area contributed by atoms with Gasteiger partial charge in [-0.05, 0) is 37.0 Å². The van der Waals surface area contributed by atoms with Gasteiger partial charge < -0.3 is 0 Å². The normalized spacial score (nSPS) is 10.4. The molecule has 0 bridgehead atoms. The van der Waals surface area contributed by atoms with Crippen LogP contribution in [0.25, 0.3) is 0 Å². The van der Waals surface area contributed by atoms with Crippen molar-refractivity contribution in [2.24, 2.45) is 0 Å². The molecule has 0 saturated carbocycles. The third kappa shape index (κ3) is 3.91. The average molecular weight is 191 g/mol. The van der Waals surface area contributed by atoms with Crippen LogP contribution in [0.2, 0.25) is 0 Å². The second-order valence-corrected chi connectivity index (χ2v) is 3.97. The highest BCUT2D eigenvalue weighted by Crippen LogP contribution is 2.11. The molecule has 0 aliphatic rings. The Hall–Kier alpha value is -0.850. The Labute approximate surface area is 87.6 Å². The molecule has 1 aromatic heterocycles. The fourth-order valence-electron chi connectivity index (χ4n) is 1.70. The van der Waals surface area contributed by atoms with Crippen LogP contribution in [0, 0.1) is 6.92 Å². The first-order chi connectivity index (χ1) is 6.84. The molecule has 1 heteroatoms. The first kappa shape index (κ1) is 11.2. The zero-order valence-corrected chi connectivity index (χ0v) is 9.42. The highest BCUT2D eigenvalue weighted by Gasteiger charge is 1.96. The standard InChI is InChI=1S/C13H21N/c1-3-4-5-6-7-8-13-9-10-14-11-12(13)2/h9-11H,3-8H2,1-2H3. The summed E-state index contributed by atoms with van der Waals surface area (Å²) in [4.78, 5) is 4.10. The molecule has 0 aliphatic carbocycles. The second kappa shape index (κ2) is 6.58. The molecule has 0 radical (unpaired) electrons. The van der Waals surface area contributed by atoms with Crippen LogP contribution in [-0.4, -0.2) is 4.98 Å². The molecule has 0 N–H and O–H groups in total. The van der Waals surface area contributed by atoms with E-state index in [-0.39, 0.29) is 0 Å². The topological polar surface area (TPSA) is 12.9 Å². The summed E-state index contributed by atoms with van der Waals surface area (Å²) in [6, 6.07) is 2.15. The van der Waals surface area contributed by atoms with Gasteiger partial charge in [-0.2, -0.15) is 0 Å². The van der Waals surface area contributed by atoms with Crippen LogP contribution in [0.4, 0.5) is 0 Å². The molecule has 0 aromatic carbocycles. The average Bonchev–Trinajstić information content (AvgIpc) is 2.20. The maximum absolute atomic E-state index is 4.10. The van der Waals surface area contributed by atoms with E-state index in [1.54, 1.807) is 0 Å². The maximum Gasteiger partial charge on any atom is 0.0299 e. The fourth-order valence-corrected chi connectivity index (χ4v) is 1.70. The Morgan fingerprint density at radius 3 is 2.64 bits per heavy atom. The number of hydrogen-bond donors (Lipinski definition) is 0. The van der Waals surface area contributed by atoms with E-state index in [1.807, 2.05) is 12.4 Å². The van der Waals surface area contributed by atoms with Crippen molar-refractivity contribution >= 4 is 0 Å². The Morgan fingerprint density at radius 2 is 1.93 bits per heavy atom. The SMILES string of the molecule is CCCCCCCc1ccncc1C. The smallest absolute Gasteiger partial charge is 0.0299 e. The van der Waals surface area contributed by atoms with Crippen LogP contribution in [0.3, 0.4) is 0 Å².